The molecule has 0 aliphatic heterocycles. The predicted octanol–water partition coefficient (Wildman–Crippen LogP) is 0.181. The number of hydrogen-bond acceptors (Lipinski definition) is 4. The number of rotatable bonds is 8. The molecule has 1 amide bonds. The summed E-state index contributed by atoms with van der Waals surface area (Å²) in [7, 11) is -3.42. The van der Waals surface area contributed by atoms with E-state index in [2.05, 4.69) is 5.32 Å². The van der Waals surface area contributed by atoms with Crippen molar-refractivity contribution >= 4 is 21.7 Å². The third kappa shape index (κ3) is 5.48. The zero-order valence-electron chi connectivity index (χ0n) is 10.4. The van der Waals surface area contributed by atoms with E-state index in [9.17, 15) is 18.0 Å². The maximum atomic E-state index is 11.5. The van der Waals surface area contributed by atoms with Crippen LogP contribution in [-0.4, -0.2) is 42.9 Å². The molecule has 18 heavy (non-hydrogen) atoms. The number of amides is 1. The summed E-state index contributed by atoms with van der Waals surface area (Å²) in [6, 6.07) is -0.971. The summed E-state index contributed by atoms with van der Waals surface area (Å²) in [6.07, 6.45) is 2.79. The van der Waals surface area contributed by atoms with E-state index >= 15 is 0 Å². The molecule has 0 aromatic heterocycles. The predicted molar refractivity (Wildman–Crippen MR) is 65.9 cm³/mol. The molecule has 2 N–H and O–H groups in total. The molecule has 1 rings (SSSR count). The lowest BCUT2D eigenvalue weighted by Gasteiger charge is -2.14. The average Bonchev–Trinajstić information content (AvgIpc) is 2.99. The zero-order chi connectivity index (χ0) is 13.8. The molecule has 0 saturated heterocycles. The van der Waals surface area contributed by atoms with Crippen molar-refractivity contribution in [3.63, 3.8) is 0 Å². The SMILES string of the molecule is CCCS(=O)(=O)CC(=O)NC(CC1CC1)C(=O)O. The Bertz CT molecular complexity index is 413. The topological polar surface area (TPSA) is 101 Å². The van der Waals surface area contributed by atoms with Gasteiger partial charge in [-0.3, -0.25) is 4.79 Å². The molecule has 0 aromatic carbocycles. The van der Waals surface area contributed by atoms with Crippen molar-refractivity contribution in [1.82, 2.24) is 5.32 Å². The van der Waals surface area contributed by atoms with E-state index < -0.39 is 33.5 Å². The first-order valence-corrected chi connectivity index (χ1v) is 7.88. The number of aliphatic carboxylic acids is 1. The van der Waals surface area contributed by atoms with Crippen molar-refractivity contribution in [3.05, 3.63) is 0 Å². The summed E-state index contributed by atoms with van der Waals surface area (Å²) in [5, 5.41) is 11.2. The van der Waals surface area contributed by atoms with E-state index in [1.54, 1.807) is 6.92 Å². The standard InChI is InChI=1S/C11H19NO5S/c1-2-5-18(16,17)7-10(13)12-9(11(14)15)6-8-3-4-8/h8-9H,2-7H2,1H3,(H,12,13)(H,14,15). The smallest absolute Gasteiger partial charge is 0.326 e. The Hall–Kier alpha value is -1.11. The second-order valence-corrected chi connectivity index (χ2v) is 6.91. The molecule has 6 nitrogen and oxygen atoms in total. The highest BCUT2D eigenvalue weighted by atomic mass is 32.2. The molecular formula is C11H19NO5S. The summed E-state index contributed by atoms with van der Waals surface area (Å²) in [4.78, 5) is 22.4. The maximum absolute atomic E-state index is 11.5. The third-order valence-corrected chi connectivity index (χ3v) is 4.50. The van der Waals surface area contributed by atoms with Crippen LogP contribution in [0.4, 0.5) is 0 Å². The van der Waals surface area contributed by atoms with Gasteiger partial charge in [-0.2, -0.15) is 0 Å². The van der Waals surface area contributed by atoms with Gasteiger partial charge >= 0.3 is 5.97 Å². The molecule has 7 heteroatoms. The van der Waals surface area contributed by atoms with Gasteiger partial charge in [0.15, 0.2) is 9.84 Å². The largest absolute Gasteiger partial charge is 0.480 e. The molecule has 0 radical (unpaired) electrons. The number of hydrogen-bond donors (Lipinski definition) is 2. The van der Waals surface area contributed by atoms with Crippen LogP contribution in [0.1, 0.15) is 32.6 Å². The summed E-state index contributed by atoms with van der Waals surface area (Å²) < 4.78 is 22.8. The van der Waals surface area contributed by atoms with Crippen molar-refractivity contribution in [2.75, 3.05) is 11.5 Å². The first kappa shape index (κ1) is 14.9. The third-order valence-electron chi connectivity index (χ3n) is 2.77. The average molecular weight is 277 g/mol. The Morgan fingerprint density at radius 3 is 2.44 bits per heavy atom. The molecule has 0 bridgehead atoms. The van der Waals surface area contributed by atoms with Gasteiger partial charge in [-0.25, -0.2) is 13.2 Å². The Morgan fingerprint density at radius 1 is 1.39 bits per heavy atom. The maximum Gasteiger partial charge on any atom is 0.326 e. The minimum Gasteiger partial charge on any atom is -0.480 e. The van der Waals surface area contributed by atoms with E-state index in [4.69, 9.17) is 5.11 Å². The number of sulfone groups is 1. The van der Waals surface area contributed by atoms with Crippen LogP contribution in [-0.2, 0) is 19.4 Å². The van der Waals surface area contributed by atoms with Crippen molar-refractivity contribution < 1.29 is 23.1 Å². The molecule has 1 saturated carbocycles. The van der Waals surface area contributed by atoms with Gasteiger partial charge in [-0.1, -0.05) is 19.8 Å². The number of nitrogens with one attached hydrogen (secondary N) is 1. The van der Waals surface area contributed by atoms with E-state index in [1.807, 2.05) is 0 Å². The van der Waals surface area contributed by atoms with Crippen LogP contribution in [0.25, 0.3) is 0 Å². The lowest BCUT2D eigenvalue weighted by Crippen LogP contribution is -2.43. The number of carbonyl (C=O) groups excluding carboxylic acids is 1. The lowest BCUT2D eigenvalue weighted by molar-refractivity contribution is -0.141. The Balaban J connectivity index is 2.47. The summed E-state index contributed by atoms with van der Waals surface area (Å²) in [5.74, 6) is -2.17. The number of carbonyl (C=O) groups is 2. The van der Waals surface area contributed by atoms with Gasteiger partial charge in [0.05, 0.1) is 5.75 Å². The molecule has 0 aromatic rings. The van der Waals surface area contributed by atoms with Crippen molar-refractivity contribution in [2.24, 2.45) is 5.92 Å². The molecule has 1 aliphatic carbocycles. The van der Waals surface area contributed by atoms with Crippen LogP contribution in [0.2, 0.25) is 0 Å². The normalized spacial score (nSPS) is 17.2. The van der Waals surface area contributed by atoms with E-state index in [0.29, 0.717) is 18.8 Å². The van der Waals surface area contributed by atoms with Gasteiger partial charge in [0.1, 0.15) is 11.8 Å². The van der Waals surface area contributed by atoms with Crippen molar-refractivity contribution in [2.45, 2.75) is 38.6 Å². The quantitative estimate of drug-likeness (QED) is 0.659. The fraction of sp³-hybridized carbons (Fsp3) is 0.818. The van der Waals surface area contributed by atoms with Crippen LogP contribution < -0.4 is 5.32 Å². The Kier molecular flexibility index (Phi) is 5.13. The second kappa shape index (κ2) is 6.17. The Morgan fingerprint density at radius 2 is 2.00 bits per heavy atom. The number of carboxylic acids is 1. The minimum atomic E-state index is -3.42. The van der Waals surface area contributed by atoms with Gasteiger partial charge in [-0.05, 0) is 18.8 Å². The van der Waals surface area contributed by atoms with Crippen LogP contribution >= 0.6 is 0 Å². The van der Waals surface area contributed by atoms with Gasteiger partial charge < -0.3 is 10.4 Å². The van der Waals surface area contributed by atoms with Crippen LogP contribution in [0.15, 0.2) is 0 Å². The van der Waals surface area contributed by atoms with Gasteiger partial charge in [-0.15, -0.1) is 0 Å². The minimum absolute atomic E-state index is 0.0548. The van der Waals surface area contributed by atoms with E-state index in [0.717, 1.165) is 12.8 Å². The van der Waals surface area contributed by atoms with E-state index in [-0.39, 0.29) is 5.75 Å². The fourth-order valence-electron chi connectivity index (χ4n) is 1.73. The molecule has 1 unspecified atom stereocenters. The van der Waals surface area contributed by atoms with Gasteiger partial charge in [0.25, 0.3) is 0 Å². The molecule has 0 spiro atoms. The summed E-state index contributed by atoms with van der Waals surface area (Å²) in [6.45, 7) is 1.71. The first-order chi connectivity index (χ1) is 8.34. The highest BCUT2D eigenvalue weighted by Gasteiger charge is 2.30. The van der Waals surface area contributed by atoms with Crippen LogP contribution in [0, 0.1) is 5.92 Å². The molecule has 104 valence electrons. The zero-order valence-corrected chi connectivity index (χ0v) is 11.2. The first-order valence-electron chi connectivity index (χ1n) is 6.06. The molecule has 1 aliphatic rings. The van der Waals surface area contributed by atoms with Crippen LogP contribution in [0.5, 0.6) is 0 Å². The number of carboxylic acid groups (broad SMARTS) is 1. The molecule has 1 atom stereocenters. The highest BCUT2D eigenvalue weighted by Crippen LogP contribution is 2.33. The second-order valence-electron chi connectivity index (χ2n) is 4.73. The van der Waals surface area contributed by atoms with Gasteiger partial charge in [0.2, 0.25) is 5.91 Å². The van der Waals surface area contributed by atoms with Gasteiger partial charge in [0, 0.05) is 0 Å². The summed E-state index contributed by atoms with van der Waals surface area (Å²) in [5.41, 5.74) is 0. The lowest BCUT2D eigenvalue weighted by atomic mass is 10.1. The molecule has 0 heterocycles. The summed E-state index contributed by atoms with van der Waals surface area (Å²) >= 11 is 0. The highest BCUT2D eigenvalue weighted by molar-refractivity contribution is 7.92. The fourth-order valence-corrected chi connectivity index (χ4v) is 2.98. The van der Waals surface area contributed by atoms with Crippen molar-refractivity contribution in [1.29, 1.82) is 0 Å². The van der Waals surface area contributed by atoms with E-state index in [1.165, 1.54) is 0 Å². The monoisotopic (exact) mass is 277 g/mol. The molecule has 1 fully saturated rings. The molecular weight excluding hydrogens is 258 g/mol. The van der Waals surface area contributed by atoms with Crippen LogP contribution in [0.3, 0.4) is 0 Å². The Labute approximate surface area is 107 Å². The van der Waals surface area contributed by atoms with Crippen molar-refractivity contribution in [3.8, 4) is 0 Å².